The lowest BCUT2D eigenvalue weighted by atomic mass is 10.1. The summed E-state index contributed by atoms with van der Waals surface area (Å²) in [5.74, 6) is 3.09. The van der Waals surface area contributed by atoms with Gasteiger partial charge in [0.25, 0.3) is 0 Å². The number of pyridine rings is 1. The second-order valence-corrected chi connectivity index (χ2v) is 3.52. The summed E-state index contributed by atoms with van der Waals surface area (Å²) >= 11 is 0. The number of carboxylic acid groups (broad SMARTS) is 1. The maximum atomic E-state index is 11.7. The number of carboxylic acids is 1. The van der Waals surface area contributed by atoms with Crippen molar-refractivity contribution in [2.24, 2.45) is 5.84 Å². The maximum absolute atomic E-state index is 11.7. The average Bonchev–Trinajstić information content (AvgIpc) is 2.37. The fourth-order valence-corrected chi connectivity index (χ4v) is 1.34. The van der Waals surface area contributed by atoms with Crippen molar-refractivity contribution in [3.63, 3.8) is 0 Å². The van der Waals surface area contributed by atoms with Crippen LogP contribution in [-0.4, -0.2) is 28.6 Å². The van der Waals surface area contributed by atoms with Crippen molar-refractivity contribution in [2.75, 3.05) is 12.0 Å². The number of hydrazine groups is 1. The van der Waals surface area contributed by atoms with Crippen LogP contribution >= 0.6 is 0 Å². The Balaban J connectivity index is 3.00. The molecule has 1 aromatic rings. The van der Waals surface area contributed by atoms with Crippen LogP contribution in [0.3, 0.4) is 0 Å². The molecule has 0 spiro atoms. The summed E-state index contributed by atoms with van der Waals surface area (Å²) in [5, 5.41) is 9.05. The first-order valence-corrected chi connectivity index (χ1v) is 5.47. The molecule has 0 atom stereocenters. The lowest BCUT2D eigenvalue weighted by Crippen LogP contribution is -2.18. The van der Waals surface area contributed by atoms with Gasteiger partial charge in [0.2, 0.25) is 0 Å². The highest BCUT2D eigenvalue weighted by Gasteiger charge is 2.22. The number of aromatic nitrogens is 1. The largest absolute Gasteiger partial charge is 0.478 e. The number of ether oxygens (including phenoxy) is 1. The minimum Gasteiger partial charge on any atom is -0.478 e. The molecule has 0 aliphatic rings. The monoisotopic (exact) mass is 253 g/mol. The summed E-state index contributed by atoms with van der Waals surface area (Å²) in [6, 6.07) is 1.29. The fraction of sp³-hybridized carbons (Fsp3) is 0.364. The van der Waals surface area contributed by atoms with E-state index in [-0.39, 0.29) is 23.6 Å². The molecule has 7 nitrogen and oxygen atoms in total. The van der Waals surface area contributed by atoms with Crippen LogP contribution in [0.2, 0.25) is 0 Å². The van der Waals surface area contributed by atoms with E-state index in [1.807, 2.05) is 6.92 Å². The van der Waals surface area contributed by atoms with Crippen LogP contribution in [0.5, 0.6) is 0 Å². The van der Waals surface area contributed by atoms with E-state index in [1.165, 1.54) is 12.3 Å². The van der Waals surface area contributed by atoms with Crippen LogP contribution in [0.15, 0.2) is 12.3 Å². The minimum absolute atomic E-state index is 0.0680. The zero-order valence-corrected chi connectivity index (χ0v) is 9.97. The third-order valence-corrected chi connectivity index (χ3v) is 2.25. The van der Waals surface area contributed by atoms with Crippen LogP contribution < -0.4 is 11.3 Å². The number of esters is 1. The quantitative estimate of drug-likeness (QED) is 0.300. The van der Waals surface area contributed by atoms with Gasteiger partial charge in [-0.15, -0.1) is 0 Å². The number of nitrogens with one attached hydrogen (secondary N) is 1. The van der Waals surface area contributed by atoms with Crippen molar-refractivity contribution < 1.29 is 19.4 Å². The molecule has 98 valence electrons. The fourth-order valence-electron chi connectivity index (χ4n) is 1.34. The van der Waals surface area contributed by atoms with Gasteiger partial charge in [0.1, 0.15) is 5.56 Å². The molecule has 0 bridgehead atoms. The Morgan fingerprint density at radius 2 is 2.28 bits per heavy atom. The van der Waals surface area contributed by atoms with E-state index in [0.29, 0.717) is 0 Å². The van der Waals surface area contributed by atoms with Crippen molar-refractivity contribution in [3.05, 3.63) is 23.4 Å². The Morgan fingerprint density at radius 3 is 2.83 bits per heavy atom. The first-order chi connectivity index (χ1) is 8.61. The Bertz CT molecular complexity index is 448. The molecule has 18 heavy (non-hydrogen) atoms. The molecule has 1 heterocycles. The summed E-state index contributed by atoms with van der Waals surface area (Å²) in [6.07, 6.45) is 2.89. The molecule has 0 radical (unpaired) electrons. The first-order valence-electron chi connectivity index (χ1n) is 5.47. The molecule has 0 saturated carbocycles. The predicted molar refractivity (Wildman–Crippen MR) is 64.2 cm³/mol. The molecule has 0 aliphatic carbocycles. The van der Waals surface area contributed by atoms with Gasteiger partial charge in [-0.1, -0.05) is 13.3 Å². The van der Waals surface area contributed by atoms with Gasteiger partial charge in [-0.2, -0.15) is 0 Å². The highest BCUT2D eigenvalue weighted by molar-refractivity contribution is 6.05. The number of anilines is 1. The van der Waals surface area contributed by atoms with Crippen LogP contribution in [0.25, 0.3) is 0 Å². The Labute approximate surface area is 104 Å². The number of carbonyl (C=O) groups is 2. The van der Waals surface area contributed by atoms with Gasteiger partial charge >= 0.3 is 11.9 Å². The van der Waals surface area contributed by atoms with Crippen molar-refractivity contribution in [1.82, 2.24) is 4.98 Å². The van der Waals surface area contributed by atoms with Crippen molar-refractivity contribution in [1.29, 1.82) is 0 Å². The number of nitrogens with two attached hydrogens (primary N) is 1. The first kappa shape index (κ1) is 13.9. The number of carbonyl (C=O) groups excluding carboxylic acids is 1. The van der Waals surface area contributed by atoms with Gasteiger partial charge in [0.15, 0.2) is 5.82 Å². The van der Waals surface area contributed by atoms with Gasteiger partial charge in [0, 0.05) is 6.20 Å². The predicted octanol–water partition coefficient (Wildman–Crippen LogP) is 1.02. The number of aromatic carboxylic acids is 1. The topological polar surface area (TPSA) is 115 Å². The normalized spacial score (nSPS) is 9.89. The van der Waals surface area contributed by atoms with E-state index in [1.54, 1.807) is 0 Å². The summed E-state index contributed by atoms with van der Waals surface area (Å²) in [6.45, 7) is 2.21. The van der Waals surface area contributed by atoms with E-state index in [0.717, 1.165) is 12.8 Å². The lowest BCUT2D eigenvalue weighted by molar-refractivity contribution is 0.0489. The SMILES string of the molecule is CCCCOC(=O)c1ccnc(NN)c1C(=O)O. The van der Waals surface area contributed by atoms with Gasteiger partial charge in [-0.3, -0.25) is 0 Å². The molecule has 0 amide bonds. The molecule has 0 saturated heterocycles. The lowest BCUT2D eigenvalue weighted by Gasteiger charge is -2.09. The number of hydrogen-bond donors (Lipinski definition) is 3. The van der Waals surface area contributed by atoms with Crippen LogP contribution in [0, 0.1) is 0 Å². The number of rotatable bonds is 6. The minimum atomic E-state index is -1.29. The standard InChI is InChI=1S/C11H15N3O4/c1-2-3-6-18-11(17)7-4-5-13-9(14-12)8(7)10(15)16/h4-5H,2-3,6,12H2,1H3,(H,13,14)(H,15,16). The number of nitrogens with zero attached hydrogens (tertiary/aromatic N) is 1. The molecular formula is C11H15N3O4. The maximum Gasteiger partial charge on any atom is 0.340 e. The molecule has 1 rings (SSSR count). The van der Waals surface area contributed by atoms with Crippen molar-refractivity contribution in [3.8, 4) is 0 Å². The smallest absolute Gasteiger partial charge is 0.340 e. The highest BCUT2D eigenvalue weighted by Crippen LogP contribution is 2.17. The average molecular weight is 253 g/mol. The third kappa shape index (κ3) is 3.17. The second kappa shape index (κ2) is 6.55. The van der Waals surface area contributed by atoms with Gasteiger partial charge in [-0.05, 0) is 12.5 Å². The summed E-state index contributed by atoms with van der Waals surface area (Å²) in [5.41, 5.74) is 1.78. The third-order valence-electron chi connectivity index (χ3n) is 2.25. The Kier molecular flexibility index (Phi) is 5.06. The molecule has 0 aromatic carbocycles. The molecule has 7 heteroatoms. The zero-order chi connectivity index (χ0) is 13.5. The van der Waals surface area contributed by atoms with Gasteiger partial charge < -0.3 is 15.3 Å². The van der Waals surface area contributed by atoms with E-state index in [9.17, 15) is 9.59 Å². The molecule has 1 aromatic heterocycles. The van der Waals surface area contributed by atoms with Gasteiger partial charge in [-0.25, -0.2) is 20.4 Å². The zero-order valence-electron chi connectivity index (χ0n) is 9.97. The van der Waals surface area contributed by atoms with E-state index >= 15 is 0 Å². The second-order valence-electron chi connectivity index (χ2n) is 3.52. The summed E-state index contributed by atoms with van der Waals surface area (Å²) < 4.78 is 4.96. The Morgan fingerprint density at radius 1 is 1.56 bits per heavy atom. The van der Waals surface area contributed by atoms with E-state index in [4.69, 9.17) is 15.7 Å². The van der Waals surface area contributed by atoms with Crippen LogP contribution in [0.1, 0.15) is 40.5 Å². The van der Waals surface area contributed by atoms with E-state index < -0.39 is 11.9 Å². The summed E-state index contributed by atoms with van der Waals surface area (Å²) in [7, 11) is 0. The highest BCUT2D eigenvalue weighted by atomic mass is 16.5. The van der Waals surface area contributed by atoms with Gasteiger partial charge in [0.05, 0.1) is 12.2 Å². The number of unbranched alkanes of at least 4 members (excludes halogenated alkanes) is 1. The van der Waals surface area contributed by atoms with Crippen LogP contribution in [-0.2, 0) is 4.74 Å². The molecule has 0 aliphatic heterocycles. The van der Waals surface area contributed by atoms with E-state index in [2.05, 4.69) is 10.4 Å². The Hall–Kier alpha value is -2.15. The molecule has 0 unspecified atom stereocenters. The summed E-state index contributed by atoms with van der Waals surface area (Å²) in [4.78, 5) is 26.6. The van der Waals surface area contributed by atoms with Crippen molar-refractivity contribution in [2.45, 2.75) is 19.8 Å². The van der Waals surface area contributed by atoms with Crippen molar-refractivity contribution >= 4 is 17.8 Å². The molecular weight excluding hydrogens is 238 g/mol. The van der Waals surface area contributed by atoms with Crippen LogP contribution in [0.4, 0.5) is 5.82 Å². The molecule has 4 N–H and O–H groups in total. The molecule has 0 fully saturated rings. The number of nitrogen functional groups attached to an aromatic ring is 1. The number of hydrogen-bond acceptors (Lipinski definition) is 6.